The molecule has 0 aliphatic rings. The summed E-state index contributed by atoms with van der Waals surface area (Å²) in [6.07, 6.45) is 0. The van der Waals surface area contributed by atoms with Crippen LogP contribution in [0.2, 0.25) is 0 Å². The van der Waals surface area contributed by atoms with Crippen LogP contribution in [0.5, 0.6) is 5.75 Å². The van der Waals surface area contributed by atoms with E-state index in [1.807, 2.05) is 0 Å². The number of nitrogens with zero attached hydrogens (tertiary/aromatic N) is 2. The first kappa shape index (κ1) is 11.4. The van der Waals surface area contributed by atoms with Crippen molar-refractivity contribution in [2.24, 2.45) is 0 Å². The Morgan fingerprint density at radius 3 is 2.37 bits per heavy atom. The van der Waals surface area contributed by atoms with Crippen molar-refractivity contribution in [3.8, 4) is 28.6 Å². The summed E-state index contributed by atoms with van der Waals surface area (Å²) in [6.45, 7) is 0. The molecule has 1 heterocycles. The zero-order valence-corrected chi connectivity index (χ0v) is 9.75. The normalized spacial score (nSPS) is 10.6. The highest BCUT2D eigenvalue weighted by molar-refractivity contribution is 5.64. The zero-order chi connectivity index (χ0) is 13.2. The number of para-hydroxylation sites is 1. The predicted octanol–water partition coefficient (Wildman–Crippen LogP) is 3.25. The van der Waals surface area contributed by atoms with Gasteiger partial charge in [0.15, 0.2) is 0 Å². The van der Waals surface area contributed by atoms with E-state index in [2.05, 4.69) is 10.1 Å². The topological polar surface area (TPSA) is 59.2 Å². The van der Waals surface area contributed by atoms with Crippen LogP contribution in [0.15, 0.2) is 53.1 Å². The highest BCUT2D eigenvalue weighted by Crippen LogP contribution is 2.29. The van der Waals surface area contributed by atoms with E-state index in [1.54, 1.807) is 36.4 Å². The summed E-state index contributed by atoms with van der Waals surface area (Å²) in [5, 5.41) is 13.4. The Kier molecular flexibility index (Phi) is 2.72. The first-order chi connectivity index (χ1) is 9.25. The van der Waals surface area contributed by atoms with Gasteiger partial charge in [0.1, 0.15) is 11.6 Å². The maximum absolute atomic E-state index is 13.6. The van der Waals surface area contributed by atoms with Gasteiger partial charge in [-0.05, 0) is 24.3 Å². The molecule has 94 valence electrons. The Morgan fingerprint density at radius 2 is 1.63 bits per heavy atom. The van der Waals surface area contributed by atoms with Crippen molar-refractivity contribution in [3.63, 3.8) is 0 Å². The van der Waals surface area contributed by atoms with Gasteiger partial charge in [-0.15, -0.1) is 0 Å². The van der Waals surface area contributed by atoms with Crippen LogP contribution in [0.3, 0.4) is 0 Å². The molecule has 0 saturated carbocycles. The van der Waals surface area contributed by atoms with Crippen LogP contribution in [0.1, 0.15) is 0 Å². The fraction of sp³-hybridized carbons (Fsp3) is 0. The molecule has 0 saturated heterocycles. The molecule has 0 amide bonds. The largest absolute Gasteiger partial charge is 0.507 e. The summed E-state index contributed by atoms with van der Waals surface area (Å²) in [5.41, 5.74) is 0.672. The Balaban J connectivity index is 2.06. The number of hydrogen-bond donors (Lipinski definition) is 1. The van der Waals surface area contributed by atoms with Crippen LogP contribution in [0.4, 0.5) is 4.39 Å². The second-order valence-corrected chi connectivity index (χ2v) is 3.92. The summed E-state index contributed by atoms with van der Waals surface area (Å²) >= 11 is 0. The molecule has 0 atom stereocenters. The van der Waals surface area contributed by atoms with Crippen molar-refractivity contribution < 1.29 is 14.0 Å². The first-order valence-electron chi connectivity index (χ1n) is 5.62. The summed E-state index contributed by atoms with van der Waals surface area (Å²) in [7, 11) is 0. The lowest BCUT2D eigenvalue weighted by Gasteiger charge is -1.97. The van der Waals surface area contributed by atoms with Gasteiger partial charge in [-0.3, -0.25) is 0 Å². The average molecular weight is 256 g/mol. The van der Waals surface area contributed by atoms with Crippen LogP contribution in [-0.2, 0) is 0 Å². The van der Waals surface area contributed by atoms with Gasteiger partial charge in [-0.2, -0.15) is 4.98 Å². The fourth-order valence-corrected chi connectivity index (χ4v) is 1.74. The lowest BCUT2D eigenvalue weighted by Crippen LogP contribution is -1.85. The predicted molar refractivity (Wildman–Crippen MR) is 66.8 cm³/mol. The molecule has 5 heteroatoms. The van der Waals surface area contributed by atoms with E-state index in [-0.39, 0.29) is 23.0 Å². The third-order valence-electron chi connectivity index (χ3n) is 2.68. The molecule has 0 fully saturated rings. The van der Waals surface area contributed by atoms with Gasteiger partial charge in [0.2, 0.25) is 5.82 Å². The molecule has 4 nitrogen and oxygen atoms in total. The Hall–Kier alpha value is -2.69. The molecular formula is C14H9FN2O2. The van der Waals surface area contributed by atoms with E-state index >= 15 is 0 Å². The van der Waals surface area contributed by atoms with Crippen molar-refractivity contribution >= 4 is 0 Å². The summed E-state index contributed by atoms with van der Waals surface area (Å²) in [6, 6.07) is 12.8. The zero-order valence-electron chi connectivity index (χ0n) is 9.75. The first-order valence-corrected chi connectivity index (χ1v) is 5.62. The van der Waals surface area contributed by atoms with Gasteiger partial charge >= 0.3 is 0 Å². The summed E-state index contributed by atoms with van der Waals surface area (Å²) in [4.78, 5) is 4.09. The highest BCUT2D eigenvalue weighted by Gasteiger charge is 2.15. The van der Waals surface area contributed by atoms with Crippen LogP contribution in [-0.4, -0.2) is 15.2 Å². The molecule has 1 N–H and O–H groups in total. The molecule has 0 aliphatic heterocycles. The number of aromatic nitrogens is 2. The smallest absolute Gasteiger partial charge is 0.261 e. The minimum absolute atomic E-state index is 0.0335. The molecule has 0 spiro atoms. The molecule has 3 aromatic rings. The van der Waals surface area contributed by atoms with E-state index in [0.29, 0.717) is 5.56 Å². The van der Waals surface area contributed by atoms with Gasteiger partial charge in [0.05, 0.1) is 11.1 Å². The van der Waals surface area contributed by atoms with Gasteiger partial charge < -0.3 is 9.63 Å². The molecular weight excluding hydrogens is 247 g/mol. The standard InChI is InChI=1S/C14H9FN2O2/c15-11-7-3-1-5-9(11)13-16-14(19-17-13)10-6-2-4-8-12(10)18/h1-8,18H. The second-order valence-electron chi connectivity index (χ2n) is 3.92. The van der Waals surface area contributed by atoms with E-state index in [0.717, 1.165) is 0 Å². The van der Waals surface area contributed by atoms with Gasteiger partial charge in [-0.25, -0.2) is 4.39 Å². The minimum Gasteiger partial charge on any atom is -0.507 e. The Labute approximate surface area is 108 Å². The molecule has 0 unspecified atom stereocenters. The third kappa shape index (κ3) is 2.06. The quantitative estimate of drug-likeness (QED) is 0.764. The number of phenols is 1. The molecule has 1 aromatic heterocycles. The van der Waals surface area contributed by atoms with Crippen molar-refractivity contribution in [2.45, 2.75) is 0 Å². The summed E-state index contributed by atoms with van der Waals surface area (Å²) in [5.74, 6) is -0.0916. The van der Waals surface area contributed by atoms with Gasteiger partial charge in [-0.1, -0.05) is 29.4 Å². The molecule has 0 radical (unpaired) electrons. The minimum atomic E-state index is -0.424. The Bertz CT molecular complexity index is 665. The maximum atomic E-state index is 13.6. The number of halogens is 1. The van der Waals surface area contributed by atoms with Crippen molar-refractivity contribution in [3.05, 3.63) is 54.3 Å². The van der Waals surface area contributed by atoms with Crippen LogP contribution in [0.25, 0.3) is 22.8 Å². The molecule has 2 aromatic carbocycles. The van der Waals surface area contributed by atoms with E-state index in [1.165, 1.54) is 12.1 Å². The number of hydrogen-bond acceptors (Lipinski definition) is 4. The van der Waals surface area contributed by atoms with Gasteiger partial charge in [0, 0.05) is 0 Å². The molecule has 0 bridgehead atoms. The fourth-order valence-electron chi connectivity index (χ4n) is 1.74. The van der Waals surface area contributed by atoms with Crippen molar-refractivity contribution in [1.82, 2.24) is 10.1 Å². The second kappa shape index (κ2) is 4.53. The Morgan fingerprint density at radius 1 is 0.947 bits per heavy atom. The molecule has 19 heavy (non-hydrogen) atoms. The molecule has 0 aliphatic carbocycles. The van der Waals surface area contributed by atoms with Crippen LogP contribution < -0.4 is 0 Å². The number of benzene rings is 2. The van der Waals surface area contributed by atoms with Crippen LogP contribution >= 0.6 is 0 Å². The number of phenolic OH excluding ortho intramolecular Hbond substituents is 1. The molecule has 3 rings (SSSR count). The monoisotopic (exact) mass is 256 g/mol. The third-order valence-corrected chi connectivity index (χ3v) is 2.68. The lowest BCUT2D eigenvalue weighted by atomic mass is 10.2. The SMILES string of the molecule is Oc1ccccc1-c1nc(-c2ccccc2F)no1. The average Bonchev–Trinajstić information content (AvgIpc) is 2.89. The highest BCUT2D eigenvalue weighted by atomic mass is 19.1. The lowest BCUT2D eigenvalue weighted by molar-refractivity contribution is 0.425. The van der Waals surface area contributed by atoms with E-state index < -0.39 is 5.82 Å². The number of rotatable bonds is 2. The summed E-state index contributed by atoms with van der Waals surface area (Å²) < 4.78 is 18.6. The van der Waals surface area contributed by atoms with E-state index in [4.69, 9.17) is 4.52 Å². The number of aromatic hydroxyl groups is 1. The van der Waals surface area contributed by atoms with Crippen molar-refractivity contribution in [2.75, 3.05) is 0 Å². The van der Waals surface area contributed by atoms with Crippen molar-refractivity contribution in [1.29, 1.82) is 0 Å². The maximum Gasteiger partial charge on any atom is 0.261 e. The van der Waals surface area contributed by atoms with E-state index in [9.17, 15) is 9.50 Å². The van der Waals surface area contributed by atoms with Gasteiger partial charge in [0.25, 0.3) is 5.89 Å². The van der Waals surface area contributed by atoms with Crippen LogP contribution in [0, 0.1) is 5.82 Å².